The molecule has 3 N–H and O–H groups in total. The number of nitrogens with one attached hydrogen (secondary N) is 2. The van der Waals surface area contributed by atoms with E-state index in [1.54, 1.807) is 5.32 Å². The van der Waals surface area contributed by atoms with Gasteiger partial charge in [-0.05, 0) is 11.6 Å². The number of carbonyl (C=O) groups is 1. The summed E-state index contributed by atoms with van der Waals surface area (Å²) in [6.45, 7) is -1.56. The fraction of sp³-hybridized carbons (Fsp3) is 0.300. The van der Waals surface area contributed by atoms with E-state index in [1.165, 1.54) is 12.1 Å². The van der Waals surface area contributed by atoms with Crippen LogP contribution in [-0.2, 0) is 6.54 Å². The van der Waals surface area contributed by atoms with E-state index in [4.69, 9.17) is 28.4 Å². The zero-order valence-corrected chi connectivity index (χ0v) is 10.8. The van der Waals surface area contributed by atoms with Crippen molar-refractivity contribution in [2.24, 2.45) is 0 Å². The first kappa shape index (κ1) is 16.0. The molecule has 0 unspecified atom stereocenters. The van der Waals surface area contributed by atoms with Gasteiger partial charge in [-0.15, -0.1) is 0 Å². The molecular formula is C10H9Cl2F3N2O2. The smallest absolute Gasteiger partial charge is 0.343 e. The Kier molecular flexibility index (Phi) is 5.42. The van der Waals surface area contributed by atoms with Crippen molar-refractivity contribution < 1.29 is 23.2 Å². The van der Waals surface area contributed by atoms with Crippen LogP contribution in [0.25, 0.3) is 0 Å². The average molecular weight is 317 g/mol. The largest absolute Gasteiger partial charge is 0.405 e. The van der Waals surface area contributed by atoms with Crippen molar-refractivity contribution >= 4 is 29.1 Å². The summed E-state index contributed by atoms with van der Waals surface area (Å²) in [5.41, 5.74) is 1.89. The molecule has 0 bridgehead atoms. The lowest BCUT2D eigenvalue weighted by Crippen LogP contribution is -2.34. The maximum absolute atomic E-state index is 12.0. The third-order valence-corrected chi connectivity index (χ3v) is 2.86. The molecule has 1 aromatic carbocycles. The van der Waals surface area contributed by atoms with E-state index < -0.39 is 18.6 Å². The Bertz CT molecular complexity index is 481. The summed E-state index contributed by atoms with van der Waals surface area (Å²) in [6, 6.07) is 2.75. The van der Waals surface area contributed by atoms with Crippen LogP contribution in [0.2, 0.25) is 10.0 Å². The van der Waals surface area contributed by atoms with E-state index in [-0.39, 0.29) is 22.2 Å². The molecule has 0 aliphatic carbocycles. The van der Waals surface area contributed by atoms with Gasteiger partial charge >= 0.3 is 6.18 Å². The highest BCUT2D eigenvalue weighted by atomic mass is 35.5. The lowest BCUT2D eigenvalue weighted by Gasteiger charge is -2.12. The van der Waals surface area contributed by atoms with Gasteiger partial charge in [-0.25, -0.2) is 5.48 Å². The van der Waals surface area contributed by atoms with Crippen LogP contribution in [0.3, 0.4) is 0 Å². The summed E-state index contributed by atoms with van der Waals surface area (Å²) < 4.78 is 36.0. The molecule has 0 saturated carbocycles. The molecule has 0 radical (unpaired) electrons. The van der Waals surface area contributed by atoms with Gasteiger partial charge in [-0.3, -0.25) is 4.79 Å². The number of alkyl halides is 3. The van der Waals surface area contributed by atoms with E-state index in [9.17, 15) is 18.0 Å². The Morgan fingerprint density at radius 2 is 1.95 bits per heavy atom. The van der Waals surface area contributed by atoms with Crippen molar-refractivity contribution in [2.75, 3.05) is 6.54 Å². The van der Waals surface area contributed by atoms with Crippen molar-refractivity contribution in [3.63, 3.8) is 0 Å². The fourth-order valence-corrected chi connectivity index (χ4v) is 1.90. The number of hydrogen-bond acceptors (Lipinski definition) is 3. The molecule has 1 amide bonds. The molecule has 0 atom stereocenters. The van der Waals surface area contributed by atoms with Crippen molar-refractivity contribution in [3.8, 4) is 0 Å². The topological polar surface area (TPSA) is 61.4 Å². The Hall–Kier alpha value is -1.02. The second-order valence-electron chi connectivity index (χ2n) is 3.53. The van der Waals surface area contributed by atoms with Crippen molar-refractivity contribution in [2.45, 2.75) is 12.7 Å². The van der Waals surface area contributed by atoms with E-state index in [0.717, 1.165) is 0 Å². The van der Waals surface area contributed by atoms with E-state index >= 15 is 0 Å². The maximum Gasteiger partial charge on any atom is 0.405 e. The van der Waals surface area contributed by atoms with Gasteiger partial charge in [0.15, 0.2) is 0 Å². The van der Waals surface area contributed by atoms with E-state index in [2.05, 4.69) is 0 Å². The molecule has 1 rings (SSSR count). The van der Waals surface area contributed by atoms with E-state index in [0.29, 0.717) is 5.56 Å². The van der Waals surface area contributed by atoms with Crippen LogP contribution in [0.4, 0.5) is 13.2 Å². The number of halogens is 5. The standard InChI is InChI=1S/C10H9Cl2F3N2O2/c11-6-2-1-5(3-17-19)8(12)7(6)9(18)16-4-10(13,14)15/h1-2,17,19H,3-4H2,(H,16,18). The molecular weight excluding hydrogens is 308 g/mol. The van der Waals surface area contributed by atoms with Gasteiger partial charge in [0.05, 0.1) is 15.6 Å². The van der Waals surface area contributed by atoms with Gasteiger partial charge in [-0.1, -0.05) is 29.3 Å². The molecule has 0 saturated heterocycles. The Morgan fingerprint density at radius 1 is 1.32 bits per heavy atom. The number of hydroxylamine groups is 1. The molecule has 4 nitrogen and oxygen atoms in total. The third-order valence-electron chi connectivity index (χ3n) is 2.12. The third kappa shape index (κ3) is 4.54. The zero-order valence-electron chi connectivity index (χ0n) is 9.31. The van der Waals surface area contributed by atoms with Gasteiger partial charge in [0.2, 0.25) is 0 Å². The van der Waals surface area contributed by atoms with Gasteiger partial charge in [0.1, 0.15) is 6.54 Å². The highest BCUT2D eigenvalue weighted by Crippen LogP contribution is 2.28. The van der Waals surface area contributed by atoms with Crippen molar-refractivity contribution in [1.82, 2.24) is 10.8 Å². The number of benzene rings is 1. The molecule has 0 fully saturated rings. The second-order valence-corrected chi connectivity index (χ2v) is 4.31. The summed E-state index contributed by atoms with van der Waals surface area (Å²) in [7, 11) is 0. The van der Waals surface area contributed by atoms with Crippen LogP contribution in [-0.4, -0.2) is 23.8 Å². The van der Waals surface area contributed by atoms with Gasteiger partial charge in [0, 0.05) is 6.54 Å². The molecule has 0 aliphatic heterocycles. The number of hydrogen-bond donors (Lipinski definition) is 3. The molecule has 0 aromatic heterocycles. The zero-order chi connectivity index (χ0) is 14.6. The maximum atomic E-state index is 12.0. The predicted octanol–water partition coefficient (Wildman–Crippen LogP) is 2.76. The highest BCUT2D eigenvalue weighted by molar-refractivity contribution is 6.40. The Balaban J connectivity index is 2.98. The SMILES string of the molecule is O=C(NCC(F)(F)F)c1c(Cl)ccc(CNO)c1Cl. The number of carbonyl (C=O) groups excluding carboxylic acids is 1. The summed E-state index contributed by atoms with van der Waals surface area (Å²) in [4.78, 5) is 11.6. The first-order valence-corrected chi connectivity index (χ1v) is 5.70. The normalized spacial score (nSPS) is 11.5. The predicted molar refractivity (Wildman–Crippen MR) is 63.5 cm³/mol. The minimum atomic E-state index is -4.53. The average Bonchev–Trinajstić information content (AvgIpc) is 2.30. The summed E-state index contributed by atoms with van der Waals surface area (Å²) >= 11 is 11.6. The van der Waals surface area contributed by atoms with Gasteiger partial charge < -0.3 is 10.5 Å². The van der Waals surface area contributed by atoms with E-state index in [1.807, 2.05) is 5.48 Å². The molecule has 19 heavy (non-hydrogen) atoms. The molecule has 9 heteroatoms. The Labute approximate surface area is 116 Å². The quantitative estimate of drug-likeness (QED) is 0.748. The molecule has 1 aromatic rings. The lowest BCUT2D eigenvalue weighted by molar-refractivity contribution is -0.123. The molecule has 0 heterocycles. The molecule has 106 valence electrons. The minimum absolute atomic E-state index is 0.0739. The van der Waals surface area contributed by atoms with Crippen LogP contribution >= 0.6 is 23.2 Å². The number of amides is 1. The van der Waals surface area contributed by atoms with Gasteiger partial charge in [-0.2, -0.15) is 13.2 Å². The van der Waals surface area contributed by atoms with Crippen LogP contribution < -0.4 is 10.8 Å². The van der Waals surface area contributed by atoms with Gasteiger partial charge in [0.25, 0.3) is 5.91 Å². The van der Waals surface area contributed by atoms with Crippen molar-refractivity contribution in [3.05, 3.63) is 33.3 Å². The van der Waals surface area contributed by atoms with Crippen molar-refractivity contribution in [1.29, 1.82) is 0 Å². The first-order valence-electron chi connectivity index (χ1n) is 4.95. The summed E-state index contributed by atoms with van der Waals surface area (Å²) in [6.07, 6.45) is -4.53. The monoisotopic (exact) mass is 316 g/mol. The minimum Gasteiger partial charge on any atom is -0.343 e. The second kappa shape index (κ2) is 6.42. The number of rotatable bonds is 4. The molecule has 0 spiro atoms. The Morgan fingerprint density at radius 3 is 2.47 bits per heavy atom. The highest BCUT2D eigenvalue weighted by Gasteiger charge is 2.29. The summed E-state index contributed by atoms with van der Waals surface area (Å²) in [5, 5.41) is 10.0. The van der Waals surface area contributed by atoms with Crippen LogP contribution in [0.5, 0.6) is 0 Å². The van der Waals surface area contributed by atoms with Crippen LogP contribution in [0.15, 0.2) is 12.1 Å². The fourth-order valence-electron chi connectivity index (χ4n) is 1.29. The first-order chi connectivity index (χ1) is 8.76. The van der Waals surface area contributed by atoms with Crippen LogP contribution in [0, 0.1) is 0 Å². The lowest BCUT2D eigenvalue weighted by atomic mass is 10.1. The summed E-state index contributed by atoms with van der Waals surface area (Å²) in [5.74, 6) is -1.04. The van der Waals surface area contributed by atoms with Crippen LogP contribution in [0.1, 0.15) is 15.9 Å². The molecule has 0 aliphatic rings.